The predicted molar refractivity (Wildman–Crippen MR) is 101 cm³/mol. The number of carbonyl (C=O) groups is 1. The molecule has 146 valence electrons. The summed E-state index contributed by atoms with van der Waals surface area (Å²) in [6.07, 6.45) is 1.57. The van der Waals surface area contributed by atoms with Crippen LogP contribution in [0.25, 0.3) is 11.4 Å². The average Bonchev–Trinajstić information content (AvgIpc) is 3.14. The van der Waals surface area contributed by atoms with E-state index >= 15 is 0 Å². The molecule has 0 spiro atoms. The number of morpholine rings is 1. The Morgan fingerprint density at radius 2 is 1.93 bits per heavy atom. The second-order valence-electron chi connectivity index (χ2n) is 7.10. The van der Waals surface area contributed by atoms with E-state index in [1.807, 2.05) is 36.1 Å². The van der Waals surface area contributed by atoms with Crippen molar-refractivity contribution in [2.24, 2.45) is 0 Å². The van der Waals surface area contributed by atoms with Crippen molar-refractivity contribution in [1.82, 2.24) is 15.0 Å². The number of hydrogen-bond donors (Lipinski definition) is 1. The largest absolute Gasteiger partial charge is 0.370 e. The number of ether oxygens (including phenoxy) is 1. The Morgan fingerprint density at radius 1 is 1.19 bits per heavy atom. The fourth-order valence-corrected chi connectivity index (χ4v) is 3.26. The van der Waals surface area contributed by atoms with Crippen LogP contribution in [0.1, 0.15) is 24.8 Å². The SMILES string of the molecule is CC(=O)N(CCC[NH+]1CCOCC1)CCc1nc(-c2ccc(C)cc2)no1. The molecule has 7 nitrogen and oxygen atoms in total. The lowest BCUT2D eigenvalue weighted by Crippen LogP contribution is -3.14. The van der Waals surface area contributed by atoms with Crippen molar-refractivity contribution in [3.8, 4) is 11.4 Å². The number of hydrogen-bond acceptors (Lipinski definition) is 5. The van der Waals surface area contributed by atoms with Gasteiger partial charge < -0.3 is 19.1 Å². The molecular weight excluding hydrogens is 344 g/mol. The molecule has 2 aromatic rings. The molecule has 3 rings (SSSR count). The number of aryl methyl sites for hydroxylation is 1. The molecule has 2 heterocycles. The van der Waals surface area contributed by atoms with Gasteiger partial charge in [-0.2, -0.15) is 4.98 Å². The first-order valence-corrected chi connectivity index (χ1v) is 9.68. The van der Waals surface area contributed by atoms with Crippen LogP contribution >= 0.6 is 0 Å². The van der Waals surface area contributed by atoms with Crippen LogP contribution in [0.5, 0.6) is 0 Å². The monoisotopic (exact) mass is 373 g/mol. The van der Waals surface area contributed by atoms with Gasteiger partial charge in [0.25, 0.3) is 0 Å². The van der Waals surface area contributed by atoms with Crippen molar-refractivity contribution in [1.29, 1.82) is 0 Å². The van der Waals surface area contributed by atoms with Crippen molar-refractivity contribution in [2.45, 2.75) is 26.7 Å². The summed E-state index contributed by atoms with van der Waals surface area (Å²) < 4.78 is 10.7. The number of amides is 1. The van der Waals surface area contributed by atoms with Crippen LogP contribution in [0.15, 0.2) is 28.8 Å². The minimum Gasteiger partial charge on any atom is -0.370 e. The molecule has 0 atom stereocenters. The zero-order valence-corrected chi connectivity index (χ0v) is 16.2. The van der Waals surface area contributed by atoms with E-state index in [0.717, 1.165) is 51.4 Å². The molecule has 1 saturated heterocycles. The minimum atomic E-state index is 0.0882. The molecule has 0 unspecified atom stereocenters. The Balaban J connectivity index is 1.47. The van der Waals surface area contributed by atoms with E-state index in [1.54, 1.807) is 11.8 Å². The van der Waals surface area contributed by atoms with Gasteiger partial charge in [0.1, 0.15) is 13.1 Å². The lowest BCUT2D eigenvalue weighted by Gasteiger charge is -2.25. The van der Waals surface area contributed by atoms with Crippen molar-refractivity contribution >= 4 is 5.91 Å². The summed E-state index contributed by atoms with van der Waals surface area (Å²) in [5.41, 5.74) is 2.13. The molecule has 1 fully saturated rings. The highest BCUT2D eigenvalue weighted by atomic mass is 16.5. The van der Waals surface area contributed by atoms with Gasteiger partial charge in [-0.25, -0.2) is 0 Å². The molecule has 27 heavy (non-hydrogen) atoms. The predicted octanol–water partition coefficient (Wildman–Crippen LogP) is 0.741. The van der Waals surface area contributed by atoms with Gasteiger partial charge >= 0.3 is 0 Å². The van der Waals surface area contributed by atoms with Gasteiger partial charge in [0.05, 0.1) is 19.8 Å². The molecule has 1 aliphatic heterocycles. The van der Waals surface area contributed by atoms with Gasteiger partial charge in [-0.05, 0) is 6.92 Å². The number of quaternary nitrogens is 1. The van der Waals surface area contributed by atoms with Crippen molar-refractivity contribution in [3.63, 3.8) is 0 Å². The smallest absolute Gasteiger partial charge is 0.228 e. The highest BCUT2D eigenvalue weighted by molar-refractivity contribution is 5.73. The summed E-state index contributed by atoms with van der Waals surface area (Å²) in [7, 11) is 0. The van der Waals surface area contributed by atoms with Crippen LogP contribution in [-0.4, -0.2) is 66.9 Å². The van der Waals surface area contributed by atoms with Gasteiger partial charge in [0.15, 0.2) is 0 Å². The van der Waals surface area contributed by atoms with Crippen molar-refractivity contribution in [3.05, 3.63) is 35.7 Å². The summed E-state index contributed by atoms with van der Waals surface area (Å²) in [5.74, 6) is 1.25. The molecule has 1 aromatic heterocycles. The third kappa shape index (κ3) is 5.87. The van der Waals surface area contributed by atoms with Crippen LogP contribution in [-0.2, 0) is 16.0 Å². The van der Waals surface area contributed by atoms with E-state index < -0.39 is 0 Å². The Morgan fingerprint density at radius 3 is 2.63 bits per heavy atom. The number of benzene rings is 1. The zero-order chi connectivity index (χ0) is 19.1. The summed E-state index contributed by atoms with van der Waals surface area (Å²) >= 11 is 0. The average molecular weight is 373 g/mol. The first kappa shape index (κ1) is 19.5. The first-order valence-electron chi connectivity index (χ1n) is 9.68. The third-order valence-corrected chi connectivity index (χ3v) is 4.98. The number of aromatic nitrogens is 2. The van der Waals surface area contributed by atoms with Crippen LogP contribution in [0.3, 0.4) is 0 Å². The zero-order valence-electron chi connectivity index (χ0n) is 16.2. The van der Waals surface area contributed by atoms with Gasteiger partial charge in [0, 0.05) is 38.4 Å². The van der Waals surface area contributed by atoms with Crippen LogP contribution < -0.4 is 4.90 Å². The van der Waals surface area contributed by atoms with Crippen LogP contribution in [0.2, 0.25) is 0 Å². The second-order valence-corrected chi connectivity index (χ2v) is 7.10. The highest BCUT2D eigenvalue weighted by Gasteiger charge is 2.16. The Bertz CT molecular complexity index is 723. The number of nitrogens with zero attached hydrogens (tertiary/aromatic N) is 3. The van der Waals surface area contributed by atoms with Gasteiger partial charge in [-0.15, -0.1) is 0 Å². The normalized spacial score (nSPS) is 15.0. The fraction of sp³-hybridized carbons (Fsp3) is 0.550. The molecule has 0 aliphatic carbocycles. The second kappa shape index (κ2) is 9.62. The Kier molecular flexibility index (Phi) is 6.95. The number of carbonyl (C=O) groups excluding carboxylic acids is 1. The summed E-state index contributed by atoms with van der Waals surface area (Å²) in [5, 5.41) is 4.06. The quantitative estimate of drug-likeness (QED) is 0.739. The molecule has 0 radical (unpaired) electrons. The van der Waals surface area contributed by atoms with Gasteiger partial charge in [-0.3, -0.25) is 4.79 Å². The van der Waals surface area contributed by atoms with E-state index in [2.05, 4.69) is 10.1 Å². The molecular formula is C20H29N4O3+. The number of rotatable bonds is 8. The maximum atomic E-state index is 11.9. The molecule has 0 bridgehead atoms. The van der Waals surface area contributed by atoms with Crippen LogP contribution in [0, 0.1) is 6.92 Å². The topological polar surface area (TPSA) is 72.9 Å². The van der Waals surface area contributed by atoms with Crippen LogP contribution in [0.4, 0.5) is 0 Å². The lowest BCUT2D eigenvalue weighted by atomic mass is 10.1. The van der Waals surface area contributed by atoms with Gasteiger partial charge in [0.2, 0.25) is 17.6 Å². The lowest BCUT2D eigenvalue weighted by molar-refractivity contribution is -0.908. The molecule has 7 heteroatoms. The van der Waals surface area contributed by atoms with E-state index in [0.29, 0.717) is 24.7 Å². The molecule has 1 aliphatic rings. The van der Waals surface area contributed by atoms with E-state index in [4.69, 9.17) is 9.26 Å². The molecule has 1 amide bonds. The standard InChI is InChI=1S/C20H28N4O3/c1-16-4-6-18(7-5-16)20-21-19(27-22-20)8-11-24(17(2)25)10-3-9-23-12-14-26-15-13-23/h4-7H,3,8-15H2,1-2H3/p+1. The fourth-order valence-electron chi connectivity index (χ4n) is 3.26. The van der Waals surface area contributed by atoms with E-state index in [9.17, 15) is 4.79 Å². The van der Waals surface area contributed by atoms with Crippen molar-refractivity contribution < 1.29 is 19.0 Å². The van der Waals surface area contributed by atoms with Gasteiger partial charge in [-0.1, -0.05) is 35.0 Å². The maximum Gasteiger partial charge on any atom is 0.228 e. The third-order valence-electron chi connectivity index (χ3n) is 4.98. The molecule has 0 saturated carbocycles. The molecule has 1 aromatic carbocycles. The van der Waals surface area contributed by atoms with E-state index in [-0.39, 0.29) is 5.91 Å². The van der Waals surface area contributed by atoms with E-state index in [1.165, 1.54) is 5.56 Å². The number of nitrogens with one attached hydrogen (secondary N) is 1. The maximum absolute atomic E-state index is 11.9. The molecule has 1 N–H and O–H groups in total. The summed E-state index contributed by atoms with van der Waals surface area (Å²) in [6.45, 7) is 9.90. The Labute approximate surface area is 160 Å². The summed E-state index contributed by atoms with van der Waals surface area (Å²) in [6, 6.07) is 8.03. The minimum absolute atomic E-state index is 0.0882. The Hall–Kier alpha value is -2.25. The summed E-state index contributed by atoms with van der Waals surface area (Å²) in [4.78, 5) is 19.8. The van der Waals surface area contributed by atoms with Crippen molar-refractivity contribution in [2.75, 3.05) is 45.9 Å². The first-order chi connectivity index (χ1) is 13.1. The highest BCUT2D eigenvalue weighted by Crippen LogP contribution is 2.16.